The molecule has 42 valence electrons. The van der Waals surface area contributed by atoms with Crippen LogP contribution < -0.4 is 0 Å². The van der Waals surface area contributed by atoms with Crippen molar-refractivity contribution in [1.29, 1.82) is 0 Å². The topological polar surface area (TPSA) is 57.8 Å². The van der Waals surface area contributed by atoms with Crippen LogP contribution in [-0.2, 0) is 8.98 Å². The first-order valence-electron chi connectivity index (χ1n) is 1.29. The Hall–Kier alpha value is -0.480. The molecule has 0 saturated heterocycles. The minimum absolute atomic E-state index is 0. The first kappa shape index (κ1) is 9.72. The summed E-state index contributed by atoms with van der Waals surface area (Å²) in [6.07, 6.45) is 1.03. The number of rotatable bonds is 1. The van der Waals surface area contributed by atoms with Gasteiger partial charge in [-0.15, -0.1) is 0 Å². The van der Waals surface area contributed by atoms with Gasteiger partial charge in [0.2, 0.25) is 0 Å². The third-order valence-electron chi connectivity index (χ3n) is 0.257. The quantitative estimate of drug-likeness (QED) is 0.296. The minimum atomic E-state index is -0.529. The second kappa shape index (κ2) is 5.52. The van der Waals surface area contributed by atoms with Crippen LogP contribution in [0.15, 0.2) is 12.7 Å². The predicted molar refractivity (Wildman–Crippen MR) is 28.9 cm³/mol. The Balaban J connectivity index is 0. The molecule has 0 saturated carbocycles. The van der Waals surface area contributed by atoms with Gasteiger partial charge in [-0.25, -0.2) is 4.79 Å². The smallest absolute Gasteiger partial charge is 0.341 e. The highest BCUT2D eigenvalue weighted by atomic mass is 32.1. The number of hydrogen-bond donors (Lipinski definition) is 1. The van der Waals surface area contributed by atoms with E-state index < -0.39 is 5.97 Å². The van der Waals surface area contributed by atoms with Crippen molar-refractivity contribution < 1.29 is 14.5 Å². The zero-order chi connectivity index (χ0) is 4.99. The predicted octanol–water partition coefficient (Wildman–Crippen LogP) is -0.264. The van der Waals surface area contributed by atoms with Crippen LogP contribution in [-0.4, -0.2) is 11.4 Å². The second-order valence-electron chi connectivity index (χ2n) is 0.614. The van der Waals surface area contributed by atoms with E-state index in [0.29, 0.717) is 0 Å². The van der Waals surface area contributed by atoms with Gasteiger partial charge in [-0.05, 0) is 0 Å². The summed E-state index contributed by atoms with van der Waals surface area (Å²) in [5, 5.41) is 0. The molecule has 4 heteroatoms. The van der Waals surface area contributed by atoms with Gasteiger partial charge in [-0.1, -0.05) is 6.58 Å². The van der Waals surface area contributed by atoms with Crippen molar-refractivity contribution in [3.63, 3.8) is 0 Å². The summed E-state index contributed by atoms with van der Waals surface area (Å²) < 4.78 is 3.84. The first-order chi connectivity index (χ1) is 2.81. The molecule has 7 heavy (non-hydrogen) atoms. The van der Waals surface area contributed by atoms with Crippen molar-refractivity contribution in [1.82, 2.24) is 0 Å². The third-order valence-corrected chi connectivity index (χ3v) is 0.437. The average molecular weight is 122 g/mol. The molecule has 0 aliphatic rings. The van der Waals surface area contributed by atoms with Crippen LogP contribution in [0.5, 0.6) is 0 Å². The molecule has 0 bridgehead atoms. The van der Waals surface area contributed by atoms with E-state index in [0.717, 1.165) is 6.08 Å². The Morgan fingerprint density at radius 2 is 2.29 bits per heavy atom. The lowest BCUT2D eigenvalue weighted by molar-refractivity contribution is -0.127. The van der Waals surface area contributed by atoms with E-state index in [2.05, 4.69) is 23.7 Å². The van der Waals surface area contributed by atoms with Crippen molar-refractivity contribution in [2.75, 3.05) is 0 Å². The van der Waals surface area contributed by atoms with E-state index in [1.807, 2.05) is 0 Å². The third kappa shape index (κ3) is 5.52. The van der Waals surface area contributed by atoms with Crippen molar-refractivity contribution in [2.24, 2.45) is 0 Å². The molecular formula is C3H6O3S. The Bertz CT molecular complexity index is 70.6. The highest BCUT2D eigenvalue weighted by molar-refractivity contribution is 7.75. The molecule has 0 amide bonds. The summed E-state index contributed by atoms with van der Waals surface area (Å²) in [7, 11) is 0. The Labute approximate surface area is 46.9 Å². The molecule has 0 spiro atoms. The van der Waals surface area contributed by atoms with Gasteiger partial charge in [0.25, 0.3) is 0 Å². The Morgan fingerprint density at radius 3 is 2.29 bits per heavy atom. The van der Waals surface area contributed by atoms with Crippen LogP contribution in [0.2, 0.25) is 0 Å². The van der Waals surface area contributed by atoms with Crippen molar-refractivity contribution in [2.45, 2.75) is 0 Å². The molecule has 2 N–H and O–H groups in total. The van der Waals surface area contributed by atoms with E-state index in [1.54, 1.807) is 0 Å². The van der Waals surface area contributed by atoms with E-state index in [4.69, 9.17) is 0 Å². The molecule has 0 unspecified atom stereocenters. The van der Waals surface area contributed by atoms with E-state index in [9.17, 15) is 4.79 Å². The van der Waals surface area contributed by atoms with E-state index in [-0.39, 0.29) is 5.48 Å². The lowest BCUT2D eigenvalue weighted by Gasteiger charge is -1.80. The lowest BCUT2D eigenvalue weighted by atomic mass is 10.7. The molecule has 0 aliphatic heterocycles. The molecule has 3 nitrogen and oxygen atoms in total. The van der Waals surface area contributed by atoms with Crippen LogP contribution >= 0.6 is 12.9 Å². The second-order valence-corrected chi connectivity index (χ2v) is 0.797. The number of carbonyl (C=O) groups is 1. The van der Waals surface area contributed by atoms with Crippen LogP contribution in [0.4, 0.5) is 0 Å². The molecule has 0 aliphatic carbocycles. The molecular weight excluding hydrogens is 116 g/mol. The monoisotopic (exact) mass is 122 g/mol. The number of thiol groups is 1. The van der Waals surface area contributed by atoms with E-state index in [1.165, 1.54) is 0 Å². The standard InChI is InChI=1S/C3H4O2S.H2O/c1-2-3(4)5-6;/h2,6H,1H2;1H2. The molecule has 0 heterocycles. The van der Waals surface area contributed by atoms with Crippen molar-refractivity contribution >= 4 is 18.9 Å². The summed E-state index contributed by atoms with van der Waals surface area (Å²) in [6.45, 7) is 3.11. The maximum absolute atomic E-state index is 9.76. The van der Waals surface area contributed by atoms with Crippen LogP contribution in [0.25, 0.3) is 0 Å². The van der Waals surface area contributed by atoms with Gasteiger partial charge >= 0.3 is 5.97 Å². The van der Waals surface area contributed by atoms with Gasteiger partial charge in [-0.2, -0.15) is 0 Å². The SMILES string of the molecule is C=CC(=O)OS.O. The van der Waals surface area contributed by atoms with Gasteiger partial charge < -0.3 is 9.66 Å². The van der Waals surface area contributed by atoms with Crippen LogP contribution in [0.3, 0.4) is 0 Å². The molecule has 0 aromatic heterocycles. The molecule has 0 rings (SSSR count). The highest BCUT2D eigenvalue weighted by Gasteiger charge is 1.83. The first-order valence-corrected chi connectivity index (χ1v) is 1.65. The fourth-order valence-corrected chi connectivity index (χ4v) is 0.112. The maximum atomic E-state index is 9.76. The molecule has 0 aromatic carbocycles. The molecule has 0 atom stereocenters. The average Bonchev–Trinajstić information content (AvgIpc) is 1.65. The normalized spacial score (nSPS) is 5.86. The highest BCUT2D eigenvalue weighted by Crippen LogP contribution is 1.78. The van der Waals surface area contributed by atoms with Crippen molar-refractivity contribution in [3.8, 4) is 0 Å². The summed E-state index contributed by atoms with van der Waals surface area (Å²) in [6, 6.07) is 0. The Kier molecular flexibility index (Phi) is 7.67. The zero-order valence-electron chi connectivity index (χ0n) is 3.55. The summed E-state index contributed by atoms with van der Waals surface area (Å²) in [5.41, 5.74) is 0. The molecule has 0 fully saturated rings. The zero-order valence-corrected chi connectivity index (χ0v) is 4.44. The van der Waals surface area contributed by atoms with Crippen LogP contribution in [0, 0.1) is 0 Å². The summed E-state index contributed by atoms with van der Waals surface area (Å²) in [4.78, 5) is 9.76. The van der Waals surface area contributed by atoms with Crippen LogP contribution in [0.1, 0.15) is 0 Å². The van der Waals surface area contributed by atoms with Crippen molar-refractivity contribution in [3.05, 3.63) is 12.7 Å². The fraction of sp³-hybridized carbons (Fsp3) is 0. The summed E-state index contributed by atoms with van der Waals surface area (Å²) >= 11 is 3.17. The maximum Gasteiger partial charge on any atom is 0.341 e. The number of carbonyl (C=O) groups excluding carboxylic acids is 1. The van der Waals surface area contributed by atoms with Gasteiger partial charge in [-0.3, -0.25) is 0 Å². The Morgan fingerprint density at radius 1 is 1.86 bits per heavy atom. The minimum Gasteiger partial charge on any atom is -0.412 e. The van der Waals surface area contributed by atoms with Gasteiger partial charge in [0.05, 0.1) is 0 Å². The fourth-order valence-electron chi connectivity index (χ4n) is 0.0373. The van der Waals surface area contributed by atoms with Gasteiger partial charge in [0.15, 0.2) is 0 Å². The van der Waals surface area contributed by atoms with Gasteiger partial charge in [0.1, 0.15) is 0 Å². The largest absolute Gasteiger partial charge is 0.412 e. The number of hydrogen-bond acceptors (Lipinski definition) is 3. The molecule has 0 radical (unpaired) electrons. The lowest BCUT2D eigenvalue weighted by Crippen LogP contribution is -1.86. The summed E-state index contributed by atoms with van der Waals surface area (Å²) in [5.74, 6) is -0.529. The van der Waals surface area contributed by atoms with Gasteiger partial charge in [0, 0.05) is 19.0 Å². The van der Waals surface area contributed by atoms with E-state index >= 15 is 0 Å². The molecule has 0 aromatic rings.